The van der Waals surface area contributed by atoms with Gasteiger partial charge in [0.15, 0.2) is 5.82 Å². The Morgan fingerprint density at radius 3 is 2.44 bits per heavy atom. The number of alkyl halides is 3. The molecule has 2 amide bonds. The van der Waals surface area contributed by atoms with Crippen molar-refractivity contribution in [2.24, 2.45) is 0 Å². The van der Waals surface area contributed by atoms with E-state index in [4.69, 9.17) is 10.2 Å². The number of nitrogen functional groups attached to an aromatic ring is 1. The van der Waals surface area contributed by atoms with Gasteiger partial charge in [-0.3, -0.25) is 9.59 Å². The Hall–Kier alpha value is -4.78. The normalized spacial score (nSPS) is 14.6. The van der Waals surface area contributed by atoms with Crippen LogP contribution in [0.2, 0.25) is 0 Å². The van der Waals surface area contributed by atoms with Gasteiger partial charge in [0.25, 0.3) is 5.91 Å². The van der Waals surface area contributed by atoms with E-state index in [2.05, 4.69) is 25.2 Å². The molecule has 41 heavy (non-hydrogen) atoms. The van der Waals surface area contributed by atoms with Crippen molar-refractivity contribution in [3.63, 3.8) is 0 Å². The number of benzene rings is 1. The Bertz CT molecular complexity index is 1590. The largest absolute Gasteiger partial charge is 0.459 e. The van der Waals surface area contributed by atoms with Crippen LogP contribution in [0.25, 0.3) is 28.4 Å². The SMILES string of the molecule is CN1CCN(C(=O)c2cnc(-c3cc(C(F)(F)F)c4oc(CNC(=O)C=Cc5ccc(N)nc5)cc4c3)nc2)CC1. The molecule has 3 aromatic heterocycles. The van der Waals surface area contributed by atoms with Crippen LogP contribution in [0.5, 0.6) is 0 Å². The van der Waals surface area contributed by atoms with Crippen LogP contribution in [0.1, 0.15) is 27.2 Å². The van der Waals surface area contributed by atoms with E-state index in [0.29, 0.717) is 24.5 Å². The molecule has 212 valence electrons. The highest BCUT2D eigenvalue weighted by atomic mass is 19.4. The molecule has 1 aliphatic rings. The van der Waals surface area contributed by atoms with Crippen molar-refractivity contribution in [3.8, 4) is 11.4 Å². The molecule has 0 atom stereocenters. The van der Waals surface area contributed by atoms with Crippen LogP contribution < -0.4 is 11.1 Å². The molecule has 0 unspecified atom stereocenters. The maximum absolute atomic E-state index is 14.0. The van der Waals surface area contributed by atoms with Gasteiger partial charge in [-0.25, -0.2) is 15.0 Å². The van der Waals surface area contributed by atoms with Crippen molar-refractivity contribution in [2.45, 2.75) is 12.7 Å². The van der Waals surface area contributed by atoms with Gasteiger partial charge >= 0.3 is 6.18 Å². The first-order valence-electron chi connectivity index (χ1n) is 12.7. The first kappa shape index (κ1) is 27.8. The number of nitrogens with one attached hydrogen (secondary N) is 1. The lowest BCUT2D eigenvalue weighted by atomic mass is 10.1. The number of hydrogen-bond acceptors (Lipinski definition) is 8. The Morgan fingerprint density at radius 1 is 1.05 bits per heavy atom. The zero-order valence-corrected chi connectivity index (χ0v) is 22.0. The summed E-state index contributed by atoms with van der Waals surface area (Å²) in [5, 5.41) is 2.75. The average Bonchev–Trinajstić information content (AvgIpc) is 3.38. The summed E-state index contributed by atoms with van der Waals surface area (Å²) in [6.45, 7) is 2.51. The van der Waals surface area contributed by atoms with Gasteiger partial charge in [0, 0.05) is 61.8 Å². The molecule has 1 aromatic carbocycles. The number of piperazine rings is 1. The first-order valence-corrected chi connectivity index (χ1v) is 12.7. The minimum absolute atomic E-state index is 0.0330. The molecule has 1 fully saturated rings. The second-order valence-corrected chi connectivity index (χ2v) is 9.61. The summed E-state index contributed by atoms with van der Waals surface area (Å²) < 4.78 is 47.4. The molecular weight excluding hydrogens is 539 g/mol. The number of likely N-dealkylation sites (N-methyl/N-ethyl adjacent to an activating group) is 1. The van der Waals surface area contributed by atoms with E-state index >= 15 is 0 Å². The summed E-state index contributed by atoms with van der Waals surface area (Å²) in [6, 6.07) is 7.09. The van der Waals surface area contributed by atoms with Crippen LogP contribution >= 0.6 is 0 Å². The topological polar surface area (TPSA) is 130 Å². The van der Waals surface area contributed by atoms with Crippen molar-refractivity contribution < 1.29 is 27.2 Å². The second-order valence-electron chi connectivity index (χ2n) is 9.61. The van der Waals surface area contributed by atoms with Crippen molar-refractivity contribution in [2.75, 3.05) is 39.0 Å². The van der Waals surface area contributed by atoms with E-state index in [9.17, 15) is 22.8 Å². The van der Waals surface area contributed by atoms with Crippen LogP contribution in [0.15, 0.2) is 59.4 Å². The molecule has 4 heterocycles. The molecule has 0 radical (unpaired) electrons. The molecular formula is C28H26F3N7O3. The predicted octanol–water partition coefficient (Wildman–Crippen LogP) is 3.60. The lowest BCUT2D eigenvalue weighted by Gasteiger charge is -2.32. The number of fused-ring (bicyclic) bond motifs is 1. The number of nitrogens with two attached hydrogens (primary N) is 1. The molecule has 0 aliphatic carbocycles. The smallest absolute Gasteiger partial charge is 0.420 e. The quantitative estimate of drug-likeness (QED) is 0.339. The highest BCUT2D eigenvalue weighted by Crippen LogP contribution is 2.38. The first-order chi connectivity index (χ1) is 19.6. The average molecular weight is 566 g/mol. The van der Waals surface area contributed by atoms with Crippen molar-refractivity contribution in [3.05, 3.63) is 77.4 Å². The third-order valence-electron chi connectivity index (χ3n) is 6.59. The number of furan rings is 1. The summed E-state index contributed by atoms with van der Waals surface area (Å²) in [5.74, 6) is -0.188. The van der Waals surface area contributed by atoms with E-state index in [1.54, 1.807) is 17.0 Å². The molecule has 13 heteroatoms. The fourth-order valence-electron chi connectivity index (χ4n) is 4.33. The molecule has 0 saturated carbocycles. The van der Waals surface area contributed by atoms with E-state index in [1.165, 1.54) is 42.9 Å². The highest BCUT2D eigenvalue weighted by molar-refractivity contribution is 5.94. The third kappa shape index (κ3) is 6.52. The fraction of sp³-hybridized carbons (Fsp3) is 0.250. The van der Waals surface area contributed by atoms with Gasteiger partial charge < -0.3 is 25.3 Å². The molecule has 4 aromatic rings. The standard InChI is InChI=1S/C28H26F3N7O3/c1-37-6-8-38(9-7-37)27(40)20-14-35-26(36-15-20)19-10-18-11-21(41-25(18)22(12-19)28(29,30)31)16-34-24(39)5-3-17-2-4-23(32)33-13-17/h2-5,10-15H,6-9,16H2,1H3,(H2,32,33)(H,34,39). The van der Waals surface area contributed by atoms with Crippen LogP contribution in [0, 0.1) is 0 Å². The number of nitrogens with zero attached hydrogens (tertiary/aromatic N) is 5. The van der Waals surface area contributed by atoms with Crippen LogP contribution in [-0.2, 0) is 17.5 Å². The van der Waals surface area contributed by atoms with E-state index < -0.39 is 17.6 Å². The van der Waals surface area contributed by atoms with Crippen LogP contribution in [-0.4, -0.2) is 69.8 Å². The summed E-state index contributed by atoms with van der Waals surface area (Å²) in [6.07, 6.45) is 2.22. The second kappa shape index (κ2) is 11.4. The molecule has 10 nitrogen and oxygen atoms in total. The number of halogens is 3. The Labute approximate surface area is 232 Å². The van der Waals surface area contributed by atoms with E-state index in [0.717, 1.165) is 19.2 Å². The summed E-state index contributed by atoms with van der Waals surface area (Å²) in [5.41, 5.74) is 5.20. The predicted molar refractivity (Wildman–Crippen MR) is 145 cm³/mol. The lowest BCUT2D eigenvalue weighted by Crippen LogP contribution is -2.47. The van der Waals surface area contributed by atoms with Crippen molar-refractivity contribution in [1.29, 1.82) is 0 Å². The number of carbonyl (C=O) groups is 2. The Kier molecular flexibility index (Phi) is 7.70. The van der Waals surface area contributed by atoms with Gasteiger partial charge in [0.05, 0.1) is 17.7 Å². The van der Waals surface area contributed by atoms with Crippen molar-refractivity contribution in [1.82, 2.24) is 30.1 Å². The van der Waals surface area contributed by atoms with Crippen molar-refractivity contribution >= 4 is 34.7 Å². The highest BCUT2D eigenvalue weighted by Gasteiger charge is 2.35. The maximum atomic E-state index is 14.0. The number of aromatic nitrogens is 3. The third-order valence-corrected chi connectivity index (χ3v) is 6.59. The minimum Gasteiger partial charge on any atom is -0.459 e. The number of anilines is 1. The summed E-state index contributed by atoms with van der Waals surface area (Å²) in [4.78, 5) is 41.1. The van der Waals surface area contributed by atoms with Crippen LogP contribution in [0.4, 0.5) is 19.0 Å². The number of carbonyl (C=O) groups excluding carboxylic acids is 2. The van der Waals surface area contributed by atoms with Gasteiger partial charge in [0.1, 0.15) is 17.2 Å². The number of rotatable bonds is 6. The molecule has 1 aliphatic heterocycles. The van der Waals surface area contributed by atoms with E-state index in [-0.39, 0.29) is 46.1 Å². The van der Waals surface area contributed by atoms with E-state index in [1.807, 2.05) is 7.05 Å². The maximum Gasteiger partial charge on any atom is 0.420 e. The van der Waals surface area contributed by atoms with Gasteiger partial charge in [-0.1, -0.05) is 0 Å². The zero-order chi connectivity index (χ0) is 29.1. The minimum atomic E-state index is -4.72. The van der Waals surface area contributed by atoms with Gasteiger partial charge in [-0.2, -0.15) is 13.2 Å². The lowest BCUT2D eigenvalue weighted by molar-refractivity contribution is -0.136. The van der Waals surface area contributed by atoms with Gasteiger partial charge in [-0.05, 0) is 49.0 Å². The summed E-state index contributed by atoms with van der Waals surface area (Å²) >= 11 is 0. The Balaban J connectivity index is 1.34. The monoisotopic (exact) mass is 565 g/mol. The molecule has 1 saturated heterocycles. The molecule has 0 bridgehead atoms. The number of hydrogen-bond donors (Lipinski definition) is 2. The molecule has 0 spiro atoms. The fourth-order valence-corrected chi connectivity index (χ4v) is 4.33. The summed E-state index contributed by atoms with van der Waals surface area (Å²) in [7, 11) is 1.98. The molecule has 3 N–H and O–H groups in total. The van der Waals surface area contributed by atoms with Crippen LogP contribution in [0.3, 0.4) is 0 Å². The zero-order valence-electron chi connectivity index (χ0n) is 22.0. The van der Waals surface area contributed by atoms with Gasteiger partial charge in [0.2, 0.25) is 5.91 Å². The molecule has 5 rings (SSSR count). The Morgan fingerprint density at radius 2 is 1.78 bits per heavy atom. The number of pyridine rings is 1. The van der Waals surface area contributed by atoms with Gasteiger partial charge in [-0.15, -0.1) is 0 Å². The number of amides is 2.